The maximum absolute atomic E-state index is 12.4. The zero-order valence-electron chi connectivity index (χ0n) is 15.1. The van der Waals surface area contributed by atoms with E-state index < -0.39 is 0 Å². The van der Waals surface area contributed by atoms with Gasteiger partial charge in [0.2, 0.25) is 11.8 Å². The lowest BCUT2D eigenvalue weighted by Crippen LogP contribution is -2.50. The van der Waals surface area contributed by atoms with Gasteiger partial charge in [-0.25, -0.2) is 0 Å². The van der Waals surface area contributed by atoms with E-state index >= 15 is 0 Å². The summed E-state index contributed by atoms with van der Waals surface area (Å²) in [5, 5.41) is 6.12. The van der Waals surface area contributed by atoms with Crippen LogP contribution in [0.4, 0.5) is 5.69 Å². The Kier molecular flexibility index (Phi) is 7.24. The molecule has 1 aliphatic heterocycles. The highest BCUT2D eigenvalue weighted by Gasteiger charge is 2.31. The number of aryl methyl sites for hydroxylation is 3. The van der Waals surface area contributed by atoms with Crippen molar-refractivity contribution in [3.63, 3.8) is 0 Å². The van der Waals surface area contributed by atoms with Gasteiger partial charge in [0.25, 0.3) is 0 Å². The molecule has 134 valence electrons. The summed E-state index contributed by atoms with van der Waals surface area (Å²) in [6.45, 7) is 9.79. The Morgan fingerprint density at radius 3 is 2.25 bits per heavy atom. The Bertz CT molecular complexity index is 591. The topological polar surface area (TPSA) is 61.4 Å². The second kappa shape index (κ2) is 8.49. The highest BCUT2D eigenvalue weighted by atomic mass is 35.5. The first-order valence-corrected chi connectivity index (χ1v) is 8.13. The fourth-order valence-corrected chi connectivity index (χ4v) is 3.06. The molecule has 0 spiro atoms. The van der Waals surface area contributed by atoms with Crippen molar-refractivity contribution in [2.75, 3.05) is 32.0 Å². The fourth-order valence-electron chi connectivity index (χ4n) is 3.06. The largest absolute Gasteiger partial charge is 0.336 e. The first-order valence-electron chi connectivity index (χ1n) is 8.13. The predicted octanol–water partition coefficient (Wildman–Crippen LogP) is 2.29. The molecule has 0 aliphatic carbocycles. The lowest BCUT2D eigenvalue weighted by atomic mass is 9.88. The Morgan fingerprint density at radius 1 is 1.25 bits per heavy atom. The van der Waals surface area contributed by atoms with E-state index in [1.807, 2.05) is 39.8 Å². The van der Waals surface area contributed by atoms with Crippen molar-refractivity contribution in [1.82, 2.24) is 10.2 Å². The average molecular weight is 354 g/mol. The van der Waals surface area contributed by atoms with Gasteiger partial charge in [0, 0.05) is 18.7 Å². The summed E-state index contributed by atoms with van der Waals surface area (Å²) >= 11 is 0. The highest BCUT2D eigenvalue weighted by Crippen LogP contribution is 2.22. The van der Waals surface area contributed by atoms with Gasteiger partial charge in [-0.05, 0) is 50.9 Å². The van der Waals surface area contributed by atoms with Crippen molar-refractivity contribution in [3.8, 4) is 0 Å². The number of carbonyl (C=O) groups excluding carboxylic acids is 2. The normalized spacial score (nSPS) is 15.0. The number of amides is 2. The molecular formula is C18H28ClN3O2. The van der Waals surface area contributed by atoms with Crippen LogP contribution in [0.3, 0.4) is 0 Å². The molecule has 2 rings (SSSR count). The molecule has 1 saturated heterocycles. The molecule has 0 bridgehead atoms. The highest BCUT2D eigenvalue weighted by molar-refractivity contribution is 5.96. The van der Waals surface area contributed by atoms with Crippen LogP contribution in [0.25, 0.3) is 0 Å². The lowest BCUT2D eigenvalue weighted by molar-refractivity contribution is -0.138. The summed E-state index contributed by atoms with van der Waals surface area (Å²) in [5.74, 6) is 0.213. The van der Waals surface area contributed by atoms with Crippen LogP contribution in [-0.4, -0.2) is 43.4 Å². The number of carbonyl (C=O) groups is 2. The SMILES string of the molecule is Cc1cc(C)c(NC(=O)CN(C)C(=O)C(C)C2CNC2)c(C)c1.Cl. The molecule has 1 heterocycles. The molecule has 2 amide bonds. The second-order valence-electron chi connectivity index (χ2n) is 6.72. The van der Waals surface area contributed by atoms with Crippen LogP contribution in [0.5, 0.6) is 0 Å². The van der Waals surface area contributed by atoms with Crippen molar-refractivity contribution in [2.24, 2.45) is 11.8 Å². The van der Waals surface area contributed by atoms with E-state index in [1.165, 1.54) is 10.5 Å². The Labute approximate surface area is 150 Å². The van der Waals surface area contributed by atoms with Crippen molar-refractivity contribution in [3.05, 3.63) is 28.8 Å². The first-order chi connectivity index (χ1) is 10.8. The van der Waals surface area contributed by atoms with Crippen molar-refractivity contribution >= 4 is 29.9 Å². The van der Waals surface area contributed by atoms with E-state index in [0.29, 0.717) is 5.92 Å². The minimum absolute atomic E-state index is 0. The number of nitrogens with one attached hydrogen (secondary N) is 2. The molecule has 0 saturated carbocycles. The van der Waals surface area contributed by atoms with Crippen LogP contribution >= 0.6 is 12.4 Å². The minimum Gasteiger partial charge on any atom is -0.336 e. The third-order valence-electron chi connectivity index (χ3n) is 4.61. The van der Waals surface area contributed by atoms with Gasteiger partial charge in [-0.3, -0.25) is 9.59 Å². The van der Waals surface area contributed by atoms with Gasteiger partial charge in [-0.1, -0.05) is 24.6 Å². The zero-order chi connectivity index (χ0) is 17.1. The van der Waals surface area contributed by atoms with Crippen LogP contribution in [0.2, 0.25) is 0 Å². The number of benzene rings is 1. The van der Waals surface area contributed by atoms with E-state index in [9.17, 15) is 9.59 Å². The standard InChI is InChI=1S/C18H27N3O2.ClH/c1-11-6-12(2)17(13(3)7-11)20-16(22)10-21(5)18(23)14(4)15-8-19-9-15;/h6-7,14-15,19H,8-10H2,1-5H3,(H,20,22);1H. The van der Waals surface area contributed by atoms with Gasteiger partial charge in [0.15, 0.2) is 0 Å². The van der Waals surface area contributed by atoms with E-state index in [-0.39, 0.29) is 36.7 Å². The summed E-state index contributed by atoms with van der Waals surface area (Å²) in [7, 11) is 1.69. The molecule has 2 N–H and O–H groups in total. The van der Waals surface area contributed by atoms with E-state index in [0.717, 1.165) is 29.9 Å². The van der Waals surface area contributed by atoms with Crippen LogP contribution < -0.4 is 10.6 Å². The second-order valence-corrected chi connectivity index (χ2v) is 6.72. The van der Waals surface area contributed by atoms with Gasteiger partial charge >= 0.3 is 0 Å². The van der Waals surface area contributed by atoms with Gasteiger partial charge < -0.3 is 15.5 Å². The number of hydrogen-bond donors (Lipinski definition) is 2. The van der Waals surface area contributed by atoms with Crippen LogP contribution in [-0.2, 0) is 9.59 Å². The number of nitrogens with zero attached hydrogens (tertiary/aromatic N) is 1. The first kappa shape index (κ1) is 20.5. The van der Waals surface area contributed by atoms with E-state index in [4.69, 9.17) is 0 Å². The van der Waals surface area contributed by atoms with Gasteiger partial charge in [0.1, 0.15) is 0 Å². The molecular weight excluding hydrogens is 326 g/mol. The Hall–Kier alpha value is -1.59. The van der Waals surface area contributed by atoms with Crippen molar-refractivity contribution < 1.29 is 9.59 Å². The molecule has 0 aromatic heterocycles. The number of likely N-dealkylation sites (N-methyl/N-ethyl adjacent to an activating group) is 1. The molecule has 1 aromatic rings. The van der Waals surface area contributed by atoms with Gasteiger partial charge in [-0.15, -0.1) is 12.4 Å². The number of rotatable bonds is 5. The summed E-state index contributed by atoms with van der Waals surface area (Å²) in [6.07, 6.45) is 0. The summed E-state index contributed by atoms with van der Waals surface area (Å²) in [6, 6.07) is 4.09. The minimum atomic E-state index is -0.158. The van der Waals surface area contributed by atoms with Crippen LogP contribution in [0.15, 0.2) is 12.1 Å². The molecule has 6 heteroatoms. The Morgan fingerprint density at radius 2 is 1.79 bits per heavy atom. The van der Waals surface area contributed by atoms with E-state index in [1.54, 1.807) is 7.05 Å². The molecule has 1 aromatic carbocycles. The predicted molar refractivity (Wildman–Crippen MR) is 99.7 cm³/mol. The molecule has 24 heavy (non-hydrogen) atoms. The number of anilines is 1. The van der Waals surface area contributed by atoms with Crippen LogP contribution in [0, 0.1) is 32.6 Å². The number of halogens is 1. The van der Waals surface area contributed by atoms with E-state index in [2.05, 4.69) is 10.6 Å². The molecule has 1 atom stereocenters. The quantitative estimate of drug-likeness (QED) is 0.853. The summed E-state index contributed by atoms with van der Waals surface area (Å²) in [5.41, 5.74) is 4.10. The molecule has 5 nitrogen and oxygen atoms in total. The van der Waals surface area contributed by atoms with Crippen molar-refractivity contribution in [1.29, 1.82) is 0 Å². The third-order valence-corrected chi connectivity index (χ3v) is 4.61. The van der Waals surface area contributed by atoms with Gasteiger partial charge in [0.05, 0.1) is 6.54 Å². The molecule has 1 unspecified atom stereocenters. The maximum atomic E-state index is 12.4. The Balaban J connectivity index is 0.00000288. The third kappa shape index (κ3) is 4.71. The molecule has 1 fully saturated rings. The van der Waals surface area contributed by atoms with Gasteiger partial charge in [-0.2, -0.15) is 0 Å². The van der Waals surface area contributed by atoms with Crippen molar-refractivity contribution in [2.45, 2.75) is 27.7 Å². The molecule has 0 radical (unpaired) electrons. The average Bonchev–Trinajstić information content (AvgIpc) is 2.39. The smallest absolute Gasteiger partial charge is 0.243 e. The summed E-state index contributed by atoms with van der Waals surface area (Å²) < 4.78 is 0. The zero-order valence-corrected chi connectivity index (χ0v) is 15.9. The monoisotopic (exact) mass is 353 g/mol. The van der Waals surface area contributed by atoms with Crippen LogP contribution in [0.1, 0.15) is 23.6 Å². The fraction of sp³-hybridized carbons (Fsp3) is 0.556. The number of hydrogen-bond acceptors (Lipinski definition) is 3. The molecule has 1 aliphatic rings. The lowest BCUT2D eigenvalue weighted by Gasteiger charge is -2.33. The summed E-state index contributed by atoms with van der Waals surface area (Å²) in [4.78, 5) is 26.2. The maximum Gasteiger partial charge on any atom is 0.243 e.